The second-order valence-electron chi connectivity index (χ2n) is 7.44. The van der Waals surface area contributed by atoms with Gasteiger partial charge in [0.15, 0.2) is 0 Å². The van der Waals surface area contributed by atoms with Crippen LogP contribution in [0.15, 0.2) is 36.4 Å². The van der Waals surface area contributed by atoms with Gasteiger partial charge in [0.1, 0.15) is 5.66 Å². The molecule has 2 aromatic carbocycles. The molecule has 124 valence electrons. The monoisotopic (exact) mass is 310 g/mol. The first-order valence-electron chi connectivity index (χ1n) is 8.43. The van der Waals surface area contributed by atoms with E-state index in [0.29, 0.717) is 11.8 Å². The maximum Gasteiger partial charge on any atom is 0.116 e. The van der Waals surface area contributed by atoms with Gasteiger partial charge in [-0.3, -0.25) is 0 Å². The van der Waals surface area contributed by atoms with Crippen LogP contribution in [0.4, 0.5) is 0 Å². The molecule has 2 heteroatoms. The summed E-state index contributed by atoms with van der Waals surface area (Å²) in [4.78, 5) is 0. The molecule has 0 aliphatic heterocycles. The third kappa shape index (κ3) is 3.82. The molecule has 0 bridgehead atoms. The lowest BCUT2D eigenvalue weighted by Crippen LogP contribution is -2.47. The summed E-state index contributed by atoms with van der Waals surface area (Å²) in [6, 6.07) is 12.9. The molecule has 23 heavy (non-hydrogen) atoms. The molecule has 0 spiro atoms. The molecule has 0 saturated heterocycles. The molecule has 4 N–H and O–H groups in total. The predicted octanol–water partition coefficient (Wildman–Crippen LogP) is 4.67. The molecule has 0 aliphatic carbocycles. The van der Waals surface area contributed by atoms with Gasteiger partial charge in [0.25, 0.3) is 0 Å². The largest absolute Gasteiger partial charge is 0.306 e. The fourth-order valence-electron chi connectivity index (χ4n) is 2.96. The first-order chi connectivity index (χ1) is 10.6. The van der Waals surface area contributed by atoms with Crippen molar-refractivity contribution in [1.29, 1.82) is 0 Å². The molecule has 2 nitrogen and oxygen atoms in total. The van der Waals surface area contributed by atoms with E-state index in [2.05, 4.69) is 77.9 Å². The molecular formula is C21H30N2. The van der Waals surface area contributed by atoms with Gasteiger partial charge in [-0.05, 0) is 47.9 Å². The minimum atomic E-state index is -0.981. The van der Waals surface area contributed by atoms with Gasteiger partial charge in [-0.25, -0.2) is 0 Å². The van der Waals surface area contributed by atoms with Crippen LogP contribution in [0.25, 0.3) is 0 Å². The van der Waals surface area contributed by atoms with Crippen LogP contribution >= 0.6 is 0 Å². The molecule has 0 aliphatic rings. The highest BCUT2D eigenvalue weighted by Gasteiger charge is 2.26. The predicted molar refractivity (Wildman–Crippen MR) is 99.7 cm³/mol. The third-order valence-corrected chi connectivity index (χ3v) is 4.49. The molecular weight excluding hydrogens is 280 g/mol. The van der Waals surface area contributed by atoms with Crippen molar-refractivity contribution >= 4 is 0 Å². The maximum absolute atomic E-state index is 6.61. The van der Waals surface area contributed by atoms with Gasteiger partial charge >= 0.3 is 0 Å². The Morgan fingerprint density at radius 3 is 1.43 bits per heavy atom. The standard InChI is InChI=1S/C21H30N2/c1-13(2)17-10-18(14(3)4)12-20(11-17)21(22,23)19-8-15(5)7-16(6)9-19/h7-14H,22-23H2,1-6H3. The van der Waals surface area contributed by atoms with Gasteiger partial charge in [0.05, 0.1) is 0 Å². The van der Waals surface area contributed by atoms with Crippen LogP contribution in [0.1, 0.15) is 72.9 Å². The number of hydrogen-bond acceptors (Lipinski definition) is 2. The normalized spacial score (nSPS) is 12.3. The number of benzene rings is 2. The lowest BCUT2D eigenvalue weighted by molar-refractivity contribution is 0.563. The van der Waals surface area contributed by atoms with Crippen molar-refractivity contribution in [1.82, 2.24) is 0 Å². The maximum atomic E-state index is 6.61. The topological polar surface area (TPSA) is 52.0 Å². The number of hydrogen-bond donors (Lipinski definition) is 2. The van der Waals surface area contributed by atoms with Crippen molar-refractivity contribution in [2.24, 2.45) is 11.5 Å². The van der Waals surface area contributed by atoms with Crippen LogP contribution in [0.2, 0.25) is 0 Å². The molecule has 0 amide bonds. The van der Waals surface area contributed by atoms with Crippen molar-refractivity contribution in [2.45, 2.75) is 59.0 Å². The zero-order chi connectivity index (χ0) is 17.4. The highest BCUT2D eigenvalue weighted by atomic mass is 15.0. The summed E-state index contributed by atoms with van der Waals surface area (Å²) in [5.74, 6) is 0.894. The van der Waals surface area contributed by atoms with Gasteiger partial charge in [-0.2, -0.15) is 0 Å². The third-order valence-electron chi connectivity index (χ3n) is 4.49. The number of aryl methyl sites for hydroxylation is 2. The lowest BCUT2D eigenvalue weighted by Gasteiger charge is -2.29. The fourth-order valence-corrected chi connectivity index (χ4v) is 2.96. The summed E-state index contributed by atoms with van der Waals surface area (Å²) in [5, 5.41) is 0. The van der Waals surface area contributed by atoms with Crippen LogP contribution in [-0.4, -0.2) is 0 Å². The van der Waals surface area contributed by atoms with E-state index in [1.54, 1.807) is 0 Å². The molecule has 0 unspecified atom stereocenters. The number of nitrogens with two attached hydrogens (primary N) is 2. The van der Waals surface area contributed by atoms with E-state index in [0.717, 1.165) is 11.1 Å². The number of rotatable bonds is 4. The van der Waals surface area contributed by atoms with E-state index in [1.807, 2.05) is 0 Å². The summed E-state index contributed by atoms with van der Waals surface area (Å²) in [5.41, 5.74) is 19.1. The molecule has 2 aromatic rings. The zero-order valence-corrected chi connectivity index (χ0v) is 15.3. The SMILES string of the molecule is Cc1cc(C)cc(C(N)(N)c2cc(C(C)C)cc(C(C)C)c2)c1. The Morgan fingerprint density at radius 1 is 0.652 bits per heavy atom. The first kappa shape index (κ1) is 17.7. The van der Waals surface area contributed by atoms with E-state index in [4.69, 9.17) is 11.5 Å². The average Bonchev–Trinajstić information content (AvgIpc) is 2.45. The molecule has 2 rings (SSSR count). The Balaban J connectivity index is 2.62. The van der Waals surface area contributed by atoms with Gasteiger partial charge in [-0.15, -0.1) is 0 Å². The Hall–Kier alpha value is -1.64. The molecule has 0 fully saturated rings. The highest BCUT2D eigenvalue weighted by molar-refractivity contribution is 5.44. The van der Waals surface area contributed by atoms with Crippen LogP contribution in [0.3, 0.4) is 0 Å². The van der Waals surface area contributed by atoms with Gasteiger partial charge < -0.3 is 11.5 Å². The van der Waals surface area contributed by atoms with Crippen molar-refractivity contribution < 1.29 is 0 Å². The Kier molecular flexibility index (Phi) is 4.98. The summed E-state index contributed by atoms with van der Waals surface area (Å²) in [6.07, 6.45) is 0. The van der Waals surface area contributed by atoms with Crippen LogP contribution in [-0.2, 0) is 5.66 Å². The Morgan fingerprint density at radius 2 is 1.04 bits per heavy atom. The van der Waals surface area contributed by atoms with Crippen molar-refractivity contribution in [3.8, 4) is 0 Å². The van der Waals surface area contributed by atoms with Crippen molar-refractivity contribution in [2.75, 3.05) is 0 Å². The quantitative estimate of drug-likeness (QED) is 0.806. The van der Waals surface area contributed by atoms with Crippen LogP contribution in [0, 0.1) is 13.8 Å². The van der Waals surface area contributed by atoms with Crippen LogP contribution in [0.5, 0.6) is 0 Å². The molecule has 0 radical (unpaired) electrons. The molecule has 0 aromatic heterocycles. The van der Waals surface area contributed by atoms with Crippen LogP contribution < -0.4 is 11.5 Å². The van der Waals surface area contributed by atoms with Gasteiger partial charge in [-0.1, -0.05) is 75.2 Å². The Labute approximate surface area is 140 Å². The average molecular weight is 310 g/mol. The summed E-state index contributed by atoms with van der Waals surface area (Å²) < 4.78 is 0. The van der Waals surface area contributed by atoms with Crippen molar-refractivity contribution in [3.05, 3.63) is 69.8 Å². The highest BCUT2D eigenvalue weighted by Crippen LogP contribution is 2.30. The fraction of sp³-hybridized carbons (Fsp3) is 0.429. The van der Waals surface area contributed by atoms with E-state index >= 15 is 0 Å². The van der Waals surface area contributed by atoms with Gasteiger partial charge in [0, 0.05) is 0 Å². The lowest BCUT2D eigenvalue weighted by atomic mass is 9.85. The molecule has 0 atom stereocenters. The summed E-state index contributed by atoms with van der Waals surface area (Å²) >= 11 is 0. The summed E-state index contributed by atoms with van der Waals surface area (Å²) in [6.45, 7) is 13.0. The van der Waals surface area contributed by atoms with E-state index in [1.165, 1.54) is 22.3 Å². The second kappa shape index (κ2) is 6.46. The van der Waals surface area contributed by atoms with E-state index < -0.39 is 5.66 Å². The molecule has 0 heterocycles. The zero-order valence-electron chi connectivity index (χ0n) is 15.3. The van der Waals surface area contributed by atoms with E-state index in [-0.39, 0.29) is 0 Å². The minimum Gasteiger partial charge on any atom is -0.306 e. The van der Waals surface area contributed by atoms with Crippen molar-refractivity contribution in [3.63, 3.8) is 0 Å². The minimum absolute atomic E-state index is 0.447. The first-order valence-corrected chi connectivity index (χ1v) is 8.43. The van der Waals surface area contributed by atoms with E-state index in [9.17, 15) is 0 Å². The summed E-state index contributed by atoms with van der Waals surface area (Å²) in [7, 11) is 0. The van der Waals surface area contributed by atoms with Gasteiger partial charge in [0.2, 0.25) is 0 Å². The smallest absolute Gasteiger partial charge is 0.116 e. The Bertz CT molecular complexity index is 650. The molecule has 0 saturated carbocycles. The second-order valence-corrected chi connectivity index (χ2v) is 7.44.